The van der Waals surface area contributed by atoms with Crippen molar-refractivity contribution in [2.45, 2.75) is 6.61 Å². The lowest BCUT2D eigenvalue weighted by Crippen LogP contribution is -2.34. The smallest absolute Gasteiger partial charge is 0.413 e. The van der Waals surface area contributed by atoms with Gasteiger partial charge >= 0.3 is 6.09 Å². The topological polar surface area (TPSA) is 137 Å². The van der Waals surface area contributed by atoms with E-state index in [1.165, 1.54) is 7.11 Å². The van der Waals surface area contributed by atoms with E-state index in [0.29, 0.717) is 0 Å². The highest BCUT2D eigenvalue weighted by Crippen LogP contribution is 2.28. The number of anilines is 3. The van der Waals surface area contributed by atoms with Gasteiger partial charge in [-0.15, -0.1) is 0 Å². The van der Waals surface area contributed by atoms with Crippen LogP contribution in [0.1, 0.15) is 5.56 Å². The molecule has 0 saturated carbocycles. The van der Waals surface area contributed by atoms with Gasteiger partial charge in [-0.3, -0.25) is 5.32 Å². The van der Waals surface area contributed by atoms with E-state index < -0.39 is 6.09 Å². The highest BCUT2D eigenvalue weighted by Gasteiger charge is 2.15. The van der Waals surface area contributed by atoms with E-state index in [1.54, 1.807) is 0 Å². The average molecular weight is 348 g/mol. The number of hydrogen-bond donors (Lipinski definition) is 4. The van der Waals surface area contributed by atoms with Gasteiger partial charge in [0.2, 0.25) is 11.8 Å². The maximum absolute atomic E-state index is 11.2. The summed E-state index contributed by atoms with van der Waals surface area (Å²) >= 11 is 4.99. The van der Waals surface area contributed by atoms with E-state index >= 15 is 0 Å². The van der Waals surface area contributed by atoms with Gasteiger partial charge in [-0.2, -0.15) is 9.97 Å². The largest absolute Gasteiger partial charge is 0.471 e. The average Bonchev–Trinajstić information content (AvgIpc) is 2.56. The molecule has 0 radical (unpaired) electrons. The van der Waals surface area contributed by atoms with Crippen molar-refractivity contribution in [3.8, 4) is 5.88 Å². The number of nitrogen functional groups attached to an aromatic ring is 2. The number of amides is 1. The van der Waals surface area contributed by atoms with Gasteiger partial charge in [0.05, 0.1) is 7.11 Å². The van der Waals surface area contributed by atoms with Crippen LogP contribution in [0, 0.1) is 0 Å². The minimum atomic E-state index is -0.728. The van der Waals surface area contributed by atoms with E-state index in [4.69, 9.17) is 28.4 Å². The second-order valence-corrected chi connectivity index (χ2v) is 4.90. The summed E-state index contributed by atoms with van der Waals surface area (Å²) in [6, 6.07) is 9.45. The van der Waals surface area contributed by atoms with Crippen LogP contribution in [0.25, 0.3) is 0 Å². The molecule has 0 bridgehead atoms. The summed E-state index contributed by atoms with van der Waals surface area (Å²) < 4.78 is 10.1. The van der Waals surface area contributed by atoms with Crippen LogP contribution < -0.4 is 26.8 Å². The van der Waals surface area contributed by atoms with E-state index in [0.717, 1.165) is 5.56 Å². The minimum Gasteiger partial charge on any atom is -0.471 e. The minimum absolute atomic E-state index is 0.0274. The fraction of sp³-hybridized carbons (Fsp3) is 0.143. The molecule has 10 heteroatoms. The van der Waals surface area contributed by atoms with Crippen molar-refractivity contribution in [2.24, 2.45) is 0 Å². The van der Waals surface area contributed by atoms with Crippen molar-refractivity contribution >= 4 is 40.9 Å². The van der Waals surface area contributed by atoms with Crippen LogP contribution in [-0.2, 0) is 11.3 Å². The predicted octanol–water partition coefficient (Wildman–Crippen LogP) is 1.27. The van der Waals surface area contributed by atoms with Crippen molar-refractivity contribution < 1.29 is 14.3 Å². The first-order chi connectivity index (χ1) is 11.5. The van der Waals surface area contributed by atoms with Gasteiger partial charge in [-0.05, 0) is 17.8 Å². The normalized spacial score (nSPS) is 9.88. The fourth-order valence-corrected chi connectivity index (χ4v) is 1.90. The number of thiocarbonyl (C=S) groups is 1. The Kier molecular flexibility index (Phi) is 5.68. The zero-order valence-corrected chi connectivity index (χ0v) is 13.6. The van der Waals surface area contributed by atoms with Crippen molar-refractivity contribution in [2.75, 3.05) is 23.9 Å². The Morgan fingerprint density at radius 2 is 1.96 bits per heavy atom. The summed E-state index contributed by atoms with van der Waals surface area (Å²) in [5.74, 6) is 0.0883. The second-order valence-electron chi connectivity index (χ2n) is 4.49. The first-order valence-electron chi connectivity index (χ1n) is 6.75. The monoisotopic (exact) mass is 348 g/mol. The standard InChI is InChI=1S/C14H16N6O3S/c1-22-14(21)20-13(24)17-9-10(15)18-12(16)19-11(9)23-7-8-5-3-2-4-6-8/h2-6H,7H2,1H3,(H4,15,16,18,19)(H2,17,20,21,24). The summed E-state index contributed by atoms with van der Waals surface area (Å²) in [6.07, 6.45) is -0.728. The van der Waals surface area contributed by atoms with E-state index in [-0.39, 0.29) is 35.1 Å². The molecule has 6 N–H and O–H groups in total. The molecule has 1 aromatic heterocycles. The zero-order valence-electron chi connectivity index (χ0n) is 12.8. The molecule has 0 atom stereocenters. The number of rotatable bonds is 4. The van der Waals surface area contributed by atoms with Crippen molar-refractivity contribution in [1.82, 2.24) is 15.3 Å². The van der Waals surface area contributed by atoms with Gasteiger partial charge in [0, 0.05) is 0 Å². The molecule has 1 heterocycles. The van der Waals surface area contributed by atoms with Crippen molar-refractivity contribution in [3.05, 3.63) is 35.9 Å². The van der Waals surface area contributed by atoms with Crippen molar-refractivity contribution in [1.29, 1.82) is 0 Å². The molecule has 0 aliphatic rings. The third-order valence-electron chi connectivity index (χ3n) is 2.78. The number of nitrogens with two attached hydrogens (primary N) is 2. The molecule has 24 heavy (non-hydrogen) atoms. The molecular weight excluding hydrogens is 332 g/mol. The van der Waals surface area contributed by atoms with Crippen LogP contribution in [0.3, 0.4) is 0 Å². The van der Waals surface area contributed by atoms with Crippen LogP contribution >= 0.6 is 12.2 Å². The molecule has 0 saturated heterocycles. The summed E-state index contributed by atoms with van der Waals surface area (Å²) in [5, 5.41) is 4.93. The van der Waals surface area contributed by atoms with Gasteiger partial charge in [-0.1, -0.05) is 30.3 Å². The van der Waals surface area contributed by atoms with Gasteiger partial charge in [0.25, 0.3) is 0 Å². The Labute approximate surface area is 143 Å². The number of nitrogens with zero attached hydrogens (tertiary/aromatic N) is 2. The highest BCUT2D eigenvalue weighted by molar-refractivity contribution is 7.80. The van der Waals surface area contributed by atoms with Crippen LogP contribution in [0.5, 0.6) is 5.88 Å². The SMILES string of the molecule is COC(=O)NC(=S)Nc1c(N)nc(N)nc1OCc1ccccc1. The van der Waals surface area contributed by atoms with Crippen LogP contribution in [0.2, 0.25) is 0 Å². The quantitative estimate of drug-likeness (QED) is 0.602. The van der Waals surface area contributed by atoms with E-state index in [1.807, 2.05) is 30.3 Å². The number of carbonyl (C=O) groups excluding carboxylic acids is 1. The number of aromatic nitrogens is 2. The fourth-order valence-electron chi connectivity index (χ4n) is 1.71. The molecule has 2 aromatic rings. The molecule has 9 nitrogen and oxygen atoms in total. The number of ether oxygens (including phenoxy) is 2. The Balaban J connectivity index is 2.17. The second kappa shape index (κ2) is 7.92. The highest BCUT2D eigenvalue weighted by atomic mass is 32.1. The number of methoxy groups -OCH3 is 1. The molecule has 1 amide bonds. The first kappa shape index (κ1) is 17.2. The molecule has 0 aliphatic heterocycles. The summed E-state index contributed by atoms with van der Waals surface area (Å²) in [7, 11) is 1.22. The van der Waals surface area contributed by atoms with Crippen LogP contribution in [0.4, 0.5) is 22.2 Å². The molecule has 0 unspecified atom stereocenters. The summed E-state index contributed by atoms with van der Waals surface area (Å²) in [5.41, 5.74) is 12.5. The third-order valence-corrected chi connectivity index (χ3v) is 2.98. The Morgan fingerprint density at radius 1 is 1.25 bits per heavy atom. The molecular formula is C14H16N6O3S. The predicted molar refractivity (Wildman–Crippen MR) is 93.4 cm³/mol. The van der Waals surface area contributed by atoms with E-state index in [9.17, 15) is 4.79 Å². The maximum Gasteiger partial charge on any atom is 0.413 e. The Bertz CT molecular complexity index is 741. The van der Waals surface area contributed by atoms with Gasteiger partial charge in [0.15, 0.2) is 10.9 Å². The molecule has 1 aromatic carbocycles. The van der Waals surface area contributed by atoms with Crippen LogP contribution in [0.15, 0.2) is 30.3 Å². The van der Waals surface area contributed by atoms with Gasteiger partial charge < -0.3 is 26.3 Å². The molecule has 126 valence electrons. The Hall–Kier alpha value is -3.14. The van der Waals surface area contributed by atoms with Crippen LogP contribution in [-0.4, -0.2) is 28.3 Å². The molecule has 2 rings (SSSR count). The molecule has 0 spiro atoms. The number of nitrogens with one attached hydrogen (secondary N) is 2. The lowest BCUT2D eigenvalue weighted by Gasteiger charge is -2.15. The lowest BCUT2D eigenvalue weighted by molar-refractivity contribution is 0.177. The number of hydrogen-bond acceptors (Lipinski definition) is 8. The molecule has 0 fully saturated rings. The number of alkyl carbamates (subject to hydrolysis) is 1. The van der Waals surface area contributed by atoms with Gasteiger partial charge in [-0.25, -0.2) is 4.79 Å². The Morgan fingerprint density at radius 3 is 2.62 bits per heavy atom. The maximum atomic E-state index is 11.2. The number of carbonyl (C=O) groups is 1. The first-order valence-corrected chi connectivity index (χ1v) is 7.16. The summed E-state index contributed by atoms with van der Waals surface area (Å²) in [4.78, 5) is 19.0. The number of benzene rings is 1. The van der Waals surface area contributed by atoms with Gasteiger partial charge in [0.1, 0.15) is 12.3 Å². The van der Waals surface area contributed by atoms with E-state index in [2.05, 4.69) is 25.3 Å². The zero-order chi connectivity index (χ0) is 17.5. The molecule has 0 aliphatic carbocycles. The van der Waals surface area contributed by atoms with Crippen molar-refractivity contribution in [3.63, 3.8) is 0 Å². The lowest BCUT2D eigenvalue weighted by atomic mass is 10.2. The third kappa shape index (κ3) is 4.68. The summed E-state index contributed by atoms with van der Waals surface area (Å²) in [6.45, 7) is 0.239.